The van der Waals surface area contributed by atoms with Crippen molar-refractivity contribution in [1.29, 1.82) is 0 Å². The lowest BCUT2D eigenvalue weighted by Crippen LogP contribution is -2.39. The van der Waals surface area contributed by atoms with Crippen molar-refractivity contribution in [3.8, 4) is 5.75 Å². The van der Waals surface area contributed by atoms with Crippen LogP contribution in [0.4, 0.5) is 4.39 Å². The van der Waals surface area contributed by atoms with Crippen LogP contribution in [0.1, 0.15) is 69.2 Å². The largest absolute Gasteiger partial charge is 0.486 e. The zero-order valence-electron chi connectivity index (χ0n) is 12.4. The summed E-state index contributed by atoms with van der Waals surface area (Å²) >= 11 is 0. The van der Waals surface area contributed by atoms with Crippen molar-refractivity contribution in [2.75, 3.05) is 0 Å². The van der Waals surface area contributed by atoms with Gasteiger partial charge in [-0.2, -0.15) is 0 Å². The molecule has 0 saturated heterocycles. The highest BCUT2D eigenvalue weighted by atomic mass is 19.1. The van der Waals surface area contributed by atoms with E-state index in [4.69, 9.17) is 4.74 Å². The molecule has 1 unspecified atom stereocenters. The van der Waals surface area contributed by atoms with E-state index in [0.717, 1.165) is 19.3 Å². The first kappa shape index (κ1) is 15.0. The highest BCUT2D eigenvalue weighted by molar-refractivity contribution is 6.00. The lowest BCUT2D eigenvalue weighted by Gasteiger charge is -2.35. The Hall–Kier alpha value is -1.38. The third-order valence-electron chi connectivity index (χ3n) is 3.94. The minimum Gasteiger partial charge on any atom is -0.486 e. The molecule has 1 heterocycles. The molecule has 0 fully saturated rings. The Morgan fingerprint density at radius 3 is 2.75 bits per heavy atom. The van der Waals surface area contributed by atoms with Gasteiger partial charge in [-0.05, 0) is 31.9 Å². The Morgan fingerprint density at radius 2 is 2.00 bits per heavy atom. The summed E-state index contributed by atoms with van der Waals surface area (Å²) in [6.07, 6.45) is 7.15. The molecule has 0 aliphatic carbocycles. The van der Waals surface area contributed by atoms with E-state index < -0.39 is 5.60 Å². The molecular formula is C17H23FO2. The van der Waals surface area contributed by atoms with Crippen molar-refractivity contribution >= 4 is 5.78 Å². The van der Waals surface area contributed by atoms with Crippen LogP contribution in [0.15, 0.2) is 18.2 Å². The molecule has 0 bridgehead atoms. The molecule has 0 amide bonds. The Bertz CT molecular complexity index is 484. The summed E-state index contributed by atoms with van der Waals surface area (Å²) in [6, 6.07) is 4.16. The minimum atomic E-state index is -0.482. The van der Waals surface area contributed by atoms with Gasteiger partial charge in [0.1, 0.15) is 17.2 Å². The summed E-state index contributed by atoms with van der Waals surface area (Å²) in [6.45, 7) is 4.15. The maximum atomic E-state index is 13.3. The first-order chi connectivity index (χ1) is 9.54. The average molecular weight is 278 g/mol. The molecule has 1 aliphatic rings. The number of hydrogen-bond donors (Lipinski definition) is 0. The maximum Gasteiger partial charge on any atom is 0.170 e. The van der Waals surface area contributed by atoms with E-state index in [1.54, 1.807) is 0 Å². The number of halogens is 1. The maximum absolute atomic E-state index is 13.3. The lowest BCUT2D eigenvalue weighted by atomic mass is 9.87. The third-order valence-corrected chi connectivity index (χ3v) is 3.94. The van der Waals surface area contributed by atoms with Gasteiger partial charge in [0.15, 0.2) is 5.78 Å². The van der Waals surface area contributed by atoms with Gasteiger partial charge in [-0.25, -0.2) is 4.39 Å². The second-order valence-electron chi connectivity index (χ2n) is 5.96. The number of ketones is 1. The van der Waals surface area contributed by atoms with Gasteiger partial charge in [-0.15, -0.1) is 0 Å². The predicted octanol–water partition coefficient (Wildman–Crippen LogP) is 4.91. The van der Waals surface area contributed by atoms with E-state index in [1.807, 2.05) is 6.92 Å². The summed E-state index contributed by atoms with van der Waals surface area (Å²) in [5.74, 6) is 0.100. The van der Waals surface area contributed by atoms with Crippen LogP contribution in [0.2, 0.25) is 0 Å². The second-order valence-corrected chi connectivity index (χ2v) is 5.96. The molecule has 1 aromatic rings. The number of Topliss-reactive ketones (excluding diaryl/α,β-unsaturated/α-hetero) is 1. The highest BCUT2D eigenvalue weighted by Gasteiger charge is 2.36. The van der Waals surface area contributed by atoms with Crippen LogP contribution in [-0.2, 0) is 0 Å². The van der Waals surface area contributed by atoms with Gasteiger partial charge in [0.25, 0.3) is 0 Å². The standard InChI is InChI=1S/C17H23FO2/c1-3-4-5-6-7-10-17(2)12-15(19)14-9-8-13(18)11-16(14)20-17/h8-9,11H,3-7,10,12H2,1-2H3. The van der Waals surface area contributed by atoms with Gasteiger partial charge in [0, 0.05) is 6.07 Å². The van der Waals surface area contributed by atoms with Crippen molar-refractivity contribution < 1.29 is 13.9 Å². The van der Waals surface area contributed by atoms with Crippen molar-refractivity contribution in [1.82, 2.24) is 0 Å². The molecular weight excluding hydrogens is 255 g/mol. The van der Waals surface area contributed by atoms with Crippen LogP contribution in [0.3, 0.4) is 0 Å². The fraction of sp³-hybridized carbons (Fsp3) is 0.588. The number of benzene rings is 1. The molecule has 0 spiro atoms. The van der Waals surface area contributed by atoms with Crippen LogP contribution >= 0.6 is 0 Å². The van der Waals surface area contributed by atoms with Crippen LogP contribution in [-0.4, -0.2) is 11.4 Å². The van der Waals surface area contributed by atoms with Gasteiger partial charge in [0.05, 0.1) is 12.0 Å². The van der Waals surface area contributed by atoms with Crippen molar-refractivity contribution in [2.45, 2.75) is 64.4 Å². The number of carbonyl (C=O) groups is 1. The van der Waals surface area contributed by atoms with Crippen LogP contribution < -0.4 is 4.74 Å². The van der Waals surface area contributed by atoms with Crippen molar-refractivity contribution in [2.24, 2.45) is 0 Å². The zero-order chi connectivity index (χ0) is 14.6. The quantitative estimate of drug-likeness (QED) is 0.691. The number of rotatable bonds is 6. The van der Waals surface area contributed by atoms with E-state index in [2.05, 4.69) is 6.92 Å². The summed E-state index contributed by atoms with van der Waals surface area (Å²) in [5, 5.41) is 0. The number of hydrogen-bond acceptors (Lipinski definition) is 2. The Kier molecular flexibility index (Phi) is 4.79. The molecule has 0 radical (unpaired) electrons. The molecule has 0 N–H and O–H groups in total. The van der Waals surface area contributed by atoms with Crippen molar-refractivity contribution in [3.63, 3.8) is 0 Å². The Morgan fingerprint density at radius 1 is 1.25 bits per heavy atom. The average Bonchev–Trinajstić information content (AvgIpc) is 2.37. The van der Waals surface area contributed by atoms with E-state index in [-0.39, 0.29) is 11.6 Å². The fourth-order valence-corrected chi connectivity index (χ4v) is 2.79. The van der Waals surface area contributed by atoms with Gasteiger partial charge in [0.2, 0.25) is 0 Å². The normalized spacial score (nSPS) is 21.4. The molecule has 0 saturated carbocycles. The van der Waals surface area contributed by atoms with Crippen LogP contribution in [0.25, 0.3) is 0 Å². The number of unbranched alkanes of at least 4 members (excludes halogenated alkanes) is 4. The van der Waals surface area contributed by atoms with Crippen molar-refractivity contribution in [3.05, 3.63) is 29.6 Å². The first-order valence-corrected chi connectivity index (χ1v) is 7.56. The van der Waals surface area contributed by atoms with Crippen LogP contribution in [0, 0.1) is 5.82 Å². The van der Waals surface area contributed by atoms with Gasteiger partial charge >= 0.3 is 0 Å². The SMILES string of the molecule is CCCCCCCC1(C)CC(=O)c2ccc(F)cc2O1. The van der Waals surface area contributed by atoms with E-state index in [9.17, 15) is 9.18 Å². The van der Waals surface area contributed by atoms with E-state index in [1.165, 1.54) is 37.5 Å². The second kappa shape index (κ2) is 6.38. The molecule has 110 valence electrons. The number of ether oxygens (including phenoxy) is 1. The lowest BCUT2D eigenvalue weighted by molar-refractivity contribution is 0.0450. The van der Waals surface area contributed by atoms with Crippen LogP contribution in [0.5, 0.6) is 5.75 Å². The number of carbonyl (C=O) groups excluding carboxylic acids is 1. The summed E-state index contributed by atoms with van der Waals surface area (Å²) in [5.41, 5.74) is 0.0271. The molecule has 1 aliphatic heterocycles. The highest BCUT2D eigenvalue weighted by Crippen LogP contribution is 2.36. The topological polar surface area (TPSA) is 26.3 Å². The fourth-order valence-electron chi connectivity index (χ4n) is 2.79. The minimum absolute atomic E-state index is 0.0577. The third kappa shape index (κ3) is 3.59. The van der Waals surface area contributed by atoms with Gasteiger partial charge in [-0.1, -0.05) is 32.6 Å². The molecule has 2 nitrogen and oxygen atoms in total. The summed E-state index contributed by atoms with van der Waals surface area (Å²) in [4.78, 5) is 12.1. The molecule has 2 rings (SSSR count). The first-order valence-electron chi connectivity index (χ1n) is 7.56. The zero-order valence-corrected chi connectivity index (χ0v) is 12.4. The summed E-state index contributed by atoms with van der Waals surface area (Å²) in [7, 11) is 0. The Labute approximate surface area is 120 Å². The molecule has 1 atom stereocenters. The number of fused-ring (bicyclic) bond motifs is 1. The smallest absolute Gasteiger partial charge is 0.170 e. The monoisotopic (exact) mass is 278 g/mol. The Balaban J connectivity index is 1.99. The van der Waals surface area contributed by atoms with E-state index in [0.29, 0.717) is 17.7 Å². The molecule has 0 aromatic heterocycles. The molecule has 1 aromatic carbocycles. The predicted molar refractivity (Wildman–Crippen MR) is 77.8 cm³/mol. The molecule has 20 heavy (non-hydrogen) atoms. The van der Waals surface area contributed by atoms with Gasteiger partial charge < -0.3 is 4.74 Å². The summed E-state index contributed by atoms with van der Waals surface area (Å²) < 4.78 is 19.2. The molecule has 3 heteroatoms. The van der Waals surface area contributed by atoms with Gasteiger partial charge in [-0.3, -0.25) is 4.79 Å². The van der Waals surface area contributed by atoms with E-state index >= 15 is 0 Å².